The highest BCUT2D eigenvalue weighted by Gasteiger charge is 2.45. The summed E-state index contributed by atoms with van der Waals surface area (Å²) in [5, 5.41) is 0. The fourth-order valence-electron chi connectivity index (χ4n) is 1.88. The van der Waals surface area contributed by atoms with Crippen molar-refractivity contribution in [2.24, 2.45) is 5.92 Å². The second-order valence-electron chi connectivity index (χ2n) is 3.86. The van der Waals surface area contributed by atoms with Gasteiger partial charge in [-0.2, -0.15) is 0 Å². The van der Waals surface area contributed by atoms with Crippen LogP contribution in [0.5, 0.6) is 5.75 Å². The third-order valence-corrected chi connectivity index (χ3v) is 3.62. The van der Waals surface area contributed by atoms with Crippen LogP contribution < -0.4 is 4.74 Å². The minimum absolute atomic E-state index is 0.00778. The molecule has 1 aromatic carbocycles. The number of benzene rings is 1. The van der Waals surface area contributed by atoms with Gasteiger partial charge in [-0.05, 0) is 36.1 Å². The van der Waals surface area contributed by atoms with Gasteiger partial charge < -0.3 is 9.47 Å². The summed E-state index contributed by atoms with van der Waals surface area (Å²) >= 11 is 3.49. The molecule has 0 radical (unpaired) electrons. The molecule has 0 amide bonds. The molecule has 0 N–H and O–H groups in total. The van der Waals surface area contributed by atoms with Crippen LogP contribution in [-0.4, -0.2) is 20.2 Å². The molecule has 1 saturated carbocycles. The van der Waals surface area contributed by atoms with Gasteiger partial charge in [-0.25, -0.2) is 0 Å². The zero-order chi connectivity index (χ0) is 11.7. The van der Waals surface area contributed by atoms with E-state index in [1.165, 1.54) is 7.11 Å². The van der Waals surface area contributed by atoms with Crippen molar-refractivity contribution >= 4 is 21.9 Å². The van der Waals surface area contributed by atoms with Crippen LogP contribution in [0.15, 0.2) is 22.7 Å². The number of methoxy groups -OCH3 is 2. The van der Waals surface area contributed by atoms with E-state index in [0.717, 1.165) is 22.2 Å². The maximum absolute atomic E-state index is 11.4. The Morgan fingerprint density at radius 1 is 1.44 bits per heavy atom. The van der Waals surface area contributed by atoms with Crippen molar-refractivity contribution in [1.82, 2.24) is 0 Å². The van der Waals surface area contributed by atoms with Gasteiger partial charge in [-0.15, -0.1) is 0 Å². The molecule has 0 heterocycles. The van der Waals surface area contributed by atoms with Gasteiger partial charge in [0.05, 0.1) is 20.1 Å². The van der Waals surface area contributed by atoms with Crippen LogP contribution in [0.1, 0.15) is 17.9 Å². The average Bonchev–Trinajstić information content (AvgIpc) is 3.08. The largest absolute Gasteiger partial charge is 0.497 e. The van der Waals surface area contributed by atoms with Crippen molar-refractivity contribution in [1.29, 1.82) is 0 Å². The van der Waals surface area contributed by atoms with Crippen LogP contribution in [0.25, 0.3) is 0 Å². The molecule has 16 heavy (non-hydrogen) atoms. The maximum atomic E-state index is 11.4. The summed E-state index contributed by atoms with van der Waals surface area (Å²) in [6, 6.07) is 5.81. The molecule has 1 aromatic rings. The highest BCUT2D eigenvalue weighted by atomic mass is 79.9. The smallest absolute Gasteiger partial charge is 0.309 e. The lowest BCUT2D eigenvalue weighted by Crippen LogP contribution is -2.04. The van der Waals surface area contributed by atoms with Gasteiger partial charge in [-0.1, -0.05) is 15.9 Å². The van der Waals surface area contributed by atoms with Crippen molar-refractivity contribution < 1.29 is 14.3 Å². The van der Waals surface area contributed by atoms with Crippen LogP contribution >= 0.6 is 15.9 Å². The first-order chi connectivity index (χ1) is 7.67. The average molecular weight is 285 g/mol. The molecule has 4 heteroatoms. The Bertz CT molecular complexity index is 417. The van der Waals surface area contributed by atoms with Gasteiger partial charge in [0.15, 0.2) is 0 Å². The van der Waals surface area contributed by atoms with Gasteiger partial charge in [0.25, 0.3) is 0 Å². The van der Waals surface area contributed by atoms with Gasteiger partial charge in [0, 0.05) is 4.47 Å². The Morgan fingerprint density at radius 3 is 2.81 bits per heavy atom. The molecule has 1 fully saturated rings. The lowest BCUT2D eigenvalue weighted by Gasteiger charge is -2.06. The monoisotopic (exact) mass is 284 g/mol. The lowest BCUT2D eigenvalue weighted by atomic mass is 10.1. The first-order valence-corrected chi connectivity index (χ1v) is 5.88. The molecule has 0 spiro atoms. The molecule has 0 saturated heterocycles. The highest BCUT2D eigenvalue weighted by Crippen LogP contribution is 2.50. The second kappa shape index (κ2) is 4.45. The van der Waals surface area contributed by atoms with Gasteiger partial charge in [0.1, 0.15) is 5.75 Å². The van der Waals surface area contributed by atoms with Crippen LogP contribution in [0.3, 0.4) is 0 Å². The molecule has 0 unspecified atom stereocenters. The summed E-state index contributed by atoms with van der Waals surface area (Å²) in [7, 11) is 3.07. The number of esters is 1. The first kappa shape index (κ1) is 11.5. The number of carbonyl (C=O) groups is 1. The number of halogens is 1. The van der Waals surface area contributed by atoms with E-state index >= 15 is 0 Å². The molecule has 2 rings (SSSR count). The van der Waals surface area contributed by atoms with E-state index in [2.05, 4.69) is 15.9 Å². The molecule has 2 atom stereocenters. The molecular formula is C12H13BrO3. The molecule has 0 aromatic heterocycles. The Balaban J connectivity index is 2.19. The Labute approximate surface area is 103 Å². The number of rotatable bonds is 3. The molecule has 1 aliphatic rings. The quantitative estimate of drug-likeness (QED) is 0.801. The van der Waals surface area contributed by atoms with E-state index < -0.39 is 0 Å². The number of ether oxygens (including phenoxy) is 2. The predicted octanol–water partition coefficient (Wildman–Crippen LogP) is 2.73. The highest BCUT2D eigenvalue weighted by molar-refractivity contribution is 9.10. The molecule has 0 aliphatic heterocycles. The summed E-state index contributed by atoms with van der Waals surface area (Å²) in [4.78, 5) is 11.4. The van der Waals surface area contributed by atoms with Crippen molar-refractivity contribution in [2.45, 2.75) is 12.3 Å². The third kappa shape index (κ3) is 2.07. The molecule has 1 aliphatic carbocycles. The van der Waals surface area contributed by atoms with Gasteiger partial charge in [0.2, 0.25) is 0 Å². The Hall–Kier alpha value is -1.03. The standard InChI is InChI=1S/C12H13BrO3/c1-15-7-3-4-11(13)9(5-7)8-6-10(8)12(14)16-2/h3-5,8,10H,6H2,1-2H3/t8-,10+/m1/s1. The van der Waals surface area contributed by atoms with E-state index in [1.54, 1.807) is 7.11 Å². The van der Waals surface area contributed by atoms with E-state index in [9.17, 15) is 4.79 Å². The minimum atomic E-state index is -0.125. The van der Waals surface area contributed by atoms with Crippen molar-refractivity contribution in [3.63, 3.8) is 0 Å². The van der Waals surface area contributed by atoms with Crippen LogP contribution in [0.2, 0.25) is 0 Å². The zero-order valence-corrected chi connectivity index (χ0v) is 10.8. The normalized spacial score (nSPS) is 22.7. The summed E-state index contributed by atoms with van der Waals surface area (Å²) in [5.41, 5.74) is 1.12. The summed E-state index contributed by atoms with van der Waals surface area (Å²) in [6.45, 7) is 0. The summed E-state index contributed by atoms with van der Waals surface area (Å²) < 4.78 is 10.9. The predicted molar refractivity (Wildman–Crippen MR) is 63.6 cm³/mol. The zero-order valence-electron chi connectivity index (χ0n) is 9.20. The molecular weight excluding hydrogens is 272 g/mol. The van der Waals surface area contributed by atoms with E-state index in [-0.39, 0.29) is 17.8 Å². The van der Waals surface area contributed by atoms with Crippen molar-refractivity contribution in [3.8, 4) is 5.75 Å². The van der Waals surface area contributed by atoms with Crippen molar-refractivity contribution in [3.05, 3.63) is 28.2 Å². The van der Waals surface area contributed by atoms with Crippen molar-refractivity contribution in [2.75, 3.05) is 14.2 Å². The van der Waals surface area contributed by atoms with Gasteiger partial charge in [-0.3, -0.25) is 4.79 Å². The van der Waals surface area contributed by atoms with Crippen LogP contribution in [0.4, 0.5) is 0 Å². The fourth-order valence-corrected chi connectivity index (χ4v) is 2.42. The Morgan fingerprint density at radius 2 is 2.19 bits per heavy atom. The van der Waals surface area contributed by atoms with E-state index in [4.69, 9.17) is 9.47 Å². The second-order valence-corrected chi connectivity index (χ2v) is 4.71. The number of hydrogen-bond donors (Lipinski definition) is 0. The Kier molecular flexibility index (Phi) is 3.19. The number of hydrogen-bond acceptors (Lipinski definition) is 3. The molecule has 86 valence electrons. The van der Waals surface area contributed by atoms with Gasteiger partial charge >= 0.3 is 5.97 Å². The van der Waals surface area contributed by atoms with E-state index in [1.807, 2.05) is 18.2 Å². The molecule has 3 nitrogen and oxygen atoms in total. The third-order valence-electron chi connectivity index (χ3n) is 2.90. The number of carbonyl (C=O) groups excluding carboxylic acids is 1. The maximum Gasteiger partial charge on any atom is 0.309 e. The fraction of sp³-hybridized carbons (Fsp3) is 0.417. The van der Waals surface area contributed by atoms with Crippen LogP contribution in [-0.2, 0) is 9.53 Å². The summed E-state index contributed by atoms with van der Waals surface area (Å²) in [5.74, 6) is 0.957. The first-order valence-electron chi connectivity index (χ1n) is 5.08. The summed E-state index contributed by atoms with van der Waals surface area (Å²) in [6.07, 6.45) is 0.860. The van der Waals surface area contributed by atoms with Crippen LogP contribution in [0, 0.1) is 5.92 Å². The molecule has 0 bridgehead atoms. The van der Waals surface area contributed by atoms with E-state index in [0.29, 0.717) is 0 Å². The lowest BCUT2D eigenvalue weighted by molar-refractivity contribution is -0.142. The SMILES string of the molecule is COC(=O)[C@H]1C[C@@H]1c1cc(OC)ccc1Br. The topological polar surface area (TPSA) is 35.5 Å². The minimum Gasteiger partial charge on any atom is -0.497 e.